The molecule has 1 nitrogen and oxygen atoms in total. The second-order valence-electron chi connectivity index (χ2n) is 1.07. The van der Waals surface area contributed by atoms with Gasteiger partial charge in [0.25, 0.3) is 0 Å². The Morgan fingerprint density at radius 3 is 1.62 bits per heavy atom. The molecule has 0 aliphatic carbocycles. The number of hydrogen-bond donors (Lipinski definition) is 0. The van der Waals surface area contributed by atoms with Crippen molar-refractivity contribution in [2.45, 2.75) is 13.8 Å². The van der Waals surface area contributed by atoms with Crippen molar-refractivity contribution in [2.75, 3.05) is 0 Å². The molecule has 0 aromatic carbocycles. The molecule has 1 radical (unpaired) electrons. The van der Waals surface area contributed by atoms with E-state index in [0.717, 1.165) is 0 Å². The van der Waals surface area contributed by atoms with Crippen molar-refractivity contribution in [1.82, 2.24) is 0 Å². The topological polar surface area (TPSA) is 9.23 Å². The zero-order valence-electron chi connectivity index (χ0n) is 5.72. The number of allylic oxidation sites excluding steroid dienone is 2. The zero-order chi connectivity index (χ0) is 5.54. The van der Waals surface area contributed by atoms with Gasteiger partial charge in [0.05, 0.1) is 12.5 Å². The summed E-state index contributed by atoms with van der Waals surface area (Å²) in [6.07, 6.45) is 6.92. The van der Waals surface area contributed by atoms with E-state index in [2.05, 4.69) is 0 Å². The van der Waals surface area contributed by atoms with Crippen LogP contribution in [0.4, 0.5) is 0 Å². The van der Waals surface area contributed by atoms with E-state index in [0.29, 0.717) is 0 Å². The first-order valence-corrected chi connectivity index (χ1v) is 2.29. The summed E-state index contributed by atoms with van der Waals surface area (Å²) in [5.74, 6) is 0. The van der Waals surface area contributed by atoms with E-state index >= 15 is 0 Å². The van der Waals surface area contributed by atoms with Gasteiger partial charge >= 0.3 is 0 Å². The molecule has 0 spiro atoms. The Bertz CT molecular complexity index is 66.6. The zero-order valence-corrected chi connectivity index (χ0v) is 7.72. The Morgan fingerprint density at radius 2 is 1.38 bits per heavy atom. The summed E-state index contributed by atoms with van der Waals surface area (Å²) in [6.45, 7) is 3.81. The SMILES string of the molecule is CC=COC=CC.[Na]. The molecular formula is C6H10NaO. The Kier molecular flexibility index (Phi) is 14.3. The third kappa shape index (κ3) is 9.56. The van der Waals surface area contributed by atoms with Crippen molar-refractivity contribution in [2.24, 2.45) is 0 Å². The predicted molar refractivity (Wildman–Crippen MR) is 36.5 cm³/mol. The number of rotatable bonds is 2. The second-order valence-corrected chi connectivity index (χ2v) is 1.07. The van der Waals surface area contributed by atoms with Gasteiger partial charge in [-0.1, -0.05) is 12.2 Å². The fourth-order valence-corrected chi connectivity index (χ4v) is 0.202. The van der Waals surface area contributed by atoms with E-state index in [1.54, 1.807) is 12.5 Å². The molecule has 0 atom stereocenters. The normalized spacial score (nSPS) is 9.75. The minimum atomic E-state index is 0. The Balaban J connectivity index is 0. The first-order valence-electron chi connectivity index (χ1n) is 2.29. The number of hydrogen-bond acceptors (Lipinski definition) is 1. The van der Waals surface area contributed by atoms with Crippen LogP contribution in [0.5, 0.6) is 0 Å². The van der Waals surface area contributed by atoms with E-state index < -0.39 is 0 Å². The van der Waals surface area contributed by atoms with E-state index in [4.69, 9.17) is 4.74 Å². The molecule has 8 heavy (non-hydrogen) atoms. The average Bonchev–Trinajstić information content (AvgIpc) is 1.69. The minimum absolute atomic E-state index is 0. The average molecular weight is 121 g/mol. The van der Waals surface area contributed by atoms with Gasteiger partial charge in [0.1, 0.15) is 0 Å². The molecular weight excluding hydrogens is 111 g/mol. The summed E-state index contributed by atoms with van der Waals surface area (Å²) in [5, 5.41) is 0. The first-order chi connectivity index (χ1) is 3.41. The van der Waals surface area contributed by atoms with Gasteiger partial charge in [0.2, 0.25) is 0 Å². The Hall–Kier alpha value is 0.280. The minimum Gasteiger partial charge on any atom is -0.473 e. The molecule has 0 N–H and O–H groups in total. The van der Waals surface area contributed by atoms with Crippen LogP contribution < -0.4 is 0 Å². The third-order valence-corrected chi connectivity index (χ3v) is 0.429. The van der Waals surface area contributed by atoms with Crippen LogP contribution in [0.25, 0.3) is 0 Å². The van der Waals surface area contributed by atoms with E-state index in [9.17, 15) is 0 Å². The standard InChI is InChI=1S/C6H10O.Na/c1-3-5-7-6-4-2;/h3-6H,1-2H3;. The van der Waals surface area contributed by atoms with Crippen LogP contribution in [0.15, 0.2) is 24.7 Å². The van der Waals surface area contributed by atoms with Gasteiger partial charge in [-0.3, -0.25) is 0 Å². The van der Waals surface area contributed by atoms with Gasteiger partial charge < -0.3 is 4.74 Å². The molecule has 0 heterocycles. The van der Waals surface area contributed by atoms with Crippen LogP contribution in [0.3, 0.4) is 0 Å². The Morgan fingerprint density at radius 1 is 1.00 bits per heavy atom. The van der Waals surface area contributed by atoms with Gasteiger partial charge in [-0.05, 0) is 13.8 Å². The molecule has 0 aromatic heterocycles. The van der Waals surface area contributed by atoms with Crippen LogP contribution in [0.1, 0.15) is 13.8 Å². The maximum absolute atomic E-state index is 4.77. The van der Waals surface area contributed by atoms with Crippen LogP contribution in [0.2, 0.25) is 0 Å². The van der Waals surface area contributed by atoms with Crippen molar-refractivity contribution < 1.29 is 4.74 Å². The molecule has 0 saturated heterocycles. The summed E-state index contributed by atoms with van der Waals surface area (Å²) < 4.78 is 4.77. The molecule has 0 aromatic rings. The summed E-state index contributed by atoms with van der Waals surface area (Å²) >= 11 is 0. The van der Waals surface area contributed by atoms with Crippen LogP contribution in [0, 0.1) is 0 Å². The van der Waals surface area contributed by atoms with Gasteiger partial charge in [0.15, 0.2) is 0 Å². The smallest absolute Gasteiger partial charge is 0.0858 e. The summed E-state index contributed by atoms with van der Waals surface area (Å²) in [7, 11) is 0. The molecule has 0 fully saturated rings. The molecule has 0 rings (SSSR count). The number of ether oxygens (including phenoxy) is 1. The maximum atomic E-state index is 4.77. The molecule has 0 aliphatic heterocycles. The van der Waals surface area contributed by atoms with E-state index in [-0.39, 0.29) is 29.6 Å². The Labute approximate surface area is 72.7 Å². The molecule has 41 valence electrons. The van der Waals surface area contributed by atoms with Gasteiger partial charge in [-0.15, -0.1) is 0 Å². The van der Waals surface area contributed by atoms with Gasteiger partial charge in [-0.25, -0.2) is 0 Å². The van der Waals surface area contributed by atoms with Crippen molar-refractivity contribution in [3.8, 4) is 0 Å². The van der Waals surface area contributed by atoms with Crippen molar-refractivity contribution in [3.05, 3.63) is 24.7 Å². The predicted octanol–water partition coefficient (Wildman–Crippen LogP) is 1.69. The molecule has 0 bridgehead atoms. The van der Waals surface area contributed by atoms with Gasteiger partial charge in [-0.2, -0.15) is 0 Å². The summed E-state index contributed by atoms with van der Waals surface area (Å²) in [6, 6.07) is 0. The molecule has 0 unspecified atom stereocenters. The second kappa shape index (κ2) is 10.3. The van der Waals surface area contributed by atoms with Crippen LogP contribution in [-0.4, -0.2) is 29.6 Å². The monoisotopic (exact) mass is 121 g/mol. The fourth-order valence-electron chi connectivity index (χ4n) is 0.202. The molecule has 0 aliphatic rings. The molecule has 2 heteroatoms. The molecule has 0 saturated carbocycles. The summed E-state index contributed by atoms with van der Waals surface area (Å²) in [4.78, 5) is 0. The third-order valence-electron chi connectivity index (χ3n) is 0.429. The molecule has 0 amide bonds. The fraction of sp³-hybridized carbons (Fsp3) is 0.333. The van der Waals surface area contributed by atoms with Crippen molar-refractivity contribution in [3.63, 3.8) is 0 Å². The summed E-state index contributed by atoms with van der Waals surface area (Å²) in [5.41, 5.74) is 0. The van der Waals surface area contributed by atoms with Crippen molar-refractivity contribution in [1.29, 1.82) is 0 Å². The van der Waals surface area contributed by atoms with Crippen LogP contribution in [-0.2, 0) is 4.74 Å². The first kappa shape index (κ1) is 11.1. The quantitative estimate of drug-likeness (QED) is 0.399. The van der Waals surface area contributed by atoms with E-state index in [1.165, 1.54) is 0 Å². The van der Waals surface area contributed by atoms with Crippen LogP contribution >= 0.6 is 0 Å². The maximum Gasteiger partial charge on any atom is 0.0858 e. The van der Waals surface area contributed by atoms with Crippen molar-refractivity contribution >= 4 is 29.6 Å². The van der Waals surface area contributed by atoms with Gasteiger partial charge in [0, 0.05) is 29.6 Å². The largest absolute Gasteiger partial charge is 0.473 e. The van der Waals surface area contributed by atoms with E-state index in [1.807, 2.05) is 26.0 Å².